The van der Waals surface area contributed by atoms with Crippen LogP contribution in [0.1, 0.15) is 27.2 Å². The smallest absolute Gasteiger partial charge is 0.251 e. The van der Waals surface area contributed by atoms with Crippen LogP contribution in [0.4, 0.5) is 0 Å². The van der Waals surface area contributed by atoms with Crippen molar-refractivity contribution in [1.29, 1.82) is 5.41 Å². The molecule has 11 nitrogen and oxygen atoms in total. The normalized spacial score (nSPS) is 17.5. The zero-order valence-corrected chi connectivity index (χ0v) is 22.4. The number of nitrogens with one attached hydrogen (secondary N) is 3. The molecule has 3 aromatic rings. The second-order valence-electron chi connectivity index (χ2n) is 9.40. The lowest BCUT2D eigenvalue weighted by molar-refractivity contribution is -0.152. The maximum Gasteiger partial charge on any atom is 0.251 e. The van der Waals surface area contributed by atoms with Crippen molar-refractivity contribution in [3.05, 3.63) is 82.0 Å². The fraction of sp³-hybridized carbons (Fsp3) is 0.286. The van der Waals surface area contributed by atoms with E-state index in [9.17, 15) is 14.4 Å². The molecule has 1 aromatic heterocycles. The lowest BCUT2D eigenvalue weighted by atomic mass is 10.1. The lowest BCUT2D eigenvalue weighted by Crippen LogP contribution is -2.49. The van der Waals surface area contributed by atoms with Crippen molar-refractivity contribution in [2.75, 3.05) is 26.3 Å². The van der Waals surface area contributed by atoms with Gasteiger partial charge in [-0.25, -0.2) is 0 Å². The molecular formula is C28H29N5O6S. The second kappa shape index (κ2) is 11.9. The first-order valence-corrected chi connectivity index (χ1v) is 13.6. The van der Waals surface area contributed by atoms with Gasteiger partial charge in [0.2, 0.25) is 11.8 Å². The molecular weight excluding hydrogens is 534 g/mol. The second-order valence-corrected chi connectivity index (χ2v) is 10.4. The Bertz CT molecular complexity index is 1390. The number of hydrogen-bond donors (Lipinski definition) is 4. The van der Waals surface area contributed by atoms with Gasteiger partial charge in [-0.1, -0.05) is 18.2 Å². The number of likely N-dealkylation sites (tertiary alicyclic amines) is 1. The lowest BCUT2D eigenvalue weighted by Gasteiger charge is -2.24. The third kappa shape index (κ3) is 6.30. The molecule has 1 spiro atoms. The molecule has 0 unspecified atom stereocenters. The summed E-state index contributed by atoms with van der Waals surface area (Å²) in [7, 11) is 0. The fourth-order valence-corrected chi connectivity index (χ4v) is 5.43. The number of nitrogen functional groups attached to an aromatic ring is 1. The highest BCUT2D eigenvalue weighted by Gasteiger charge is 2.52. The number of nitrogens with two attached hydrogens (primary N) is 1. The number of amides is 3. The summed E-state index contributed by atoms with van der Waals surface area (Å²) in [5, 5.41) is 14.8. The Kier molecular flexibility index (Phi) is 8.10. The zero-order valence-electron chi connectivity index (χ0n) is 21.6. The number of hydrogen-bond acceptors (Lipinski definition) is 8. The van der Waals surface area contributed by atoms with Crippen molar-refractivity contribution in [2.45, 2.75) is 24.8 Å². The van der Waals surface area contributed by atoms with Gasteiger partial charge in [0.1, 0.15) is 23.4 Å². The van der Waals surface area contributed by atoms with Crippen LogP contribution in [-0.2, 0) is 25.6 Å². The minimum atomic E-state index is -1.04. The van der Waals surface area contributed by atoms with E-state index >= 15 is 0 Å². The first kappa shape index (κ1) is 27.3. The summed E-state index contributed by atoms with van der Waals surface area (Å²) in [6, 6.07) is 16.8. The standard InChI is InChI=1S/C28H29N5O6S/c29-25(30)19-12-22(40-16-19)14-31-27(36)23-13-28(37-10-11-38-28)17-33(23)24(34)15-32-26(35)18-6-8-21(9-7-18)39-20-4-2-1-3-5-20/h1-9,12,16,23H,10-11,13-15,17H2,(H3,29,30)(H,31,36)(H,32,35)/t23-/m0/s1. The molecule has 3 amide bonds. The van der Waals surface area contributed by atoms with Crippen molar-refractivity contribution in [1.82, 2.24) is 15.5 Å². The predicted molar refractivity (Wildman–Crippen MR) is 147 cm³/mol. The number of ether oxygens (including phenoxy) is 3. The average molecular weight is 564 g/mol. The maximum absolute atomic E-state index is 13.2. The summed E-state index contributed by atoms with van der Waals surface area (Å²) in [6.07, 6.45) is 0.185. The molecule has 0 bridgehead atoms. The van der Waals surface area contributed by atoms with Gasteiger partial charge < -0.3 is 35.5 Å². The van der Waals surface area contributed by atoms with Crippen molar-refractivity contribution in [3.63, 3.8) is 0 Å². The first-order valence-electron chi connectivity index (χ1n) is 12.7. The highest BCUT2D eigenvalue weighted by Crippen LogP contribution is 2.35. The number of benzene rings is 2. The molecule has 2 saturated heterocycles. The van der Waals surface area contributed by atoms with Gasteiger partial charge in [0, 0.05) is 27.8 Å². The predicted octanol–water partition coefficient (Wildman–Crippen LogP) is 2.21. The van der Waals surface area contributed by atoms with Crippen molar-refractivity contribution in [2.24, 2.45) is 5.73 Å². The number of carbonyl (C=O) groups excluding carboxylic acids is 3. The van der Waals surface area contributed by atoms with Crippen LogP contribution >= 0.6 is 11.3 Å². The van der Waals surface area contributed by atoms with Crippen LogP contribution < -0.4 is 21.1 Å². The molecule has 0 aliphatic carbocycles. The minimum Gasteiger partial charge on any atom is -0.457 e. The third-order valence-corrected chi connectivity index (χ3v) is 7.56. The SMILES string of the molecule is N=C(N)c1csc(CNC(=O)[C@@H]2CC3(CN2C(=O)CNC(=O)c2ccc(Oc4ccccc4)cc2)OCCO3)c1. The molecule has 2 aromatic carbocycles. The van der Waals surface area contributed by atoms with Gasteiger partial charge in [-0.05, 0) is 42.5 Å². The largest absolute Gasteiger partial charge is 0.457 e. The Morgan fingerprint density at radius 3 is 2.40 bits per heavy atom. The first-order chi connectivity index (χ1) is 19.3. The molecule has 2 aliphatic rings. The Morgan fingerprint density at radius 1 is 1.02 bits per heavy atom. The summed E-state index contributed by atoms with van der Waals surface area (Å²) >= 11 is 1.38. The monoisotopic (exact) mass is 563 g/mol. The van der Waals surface area contributed by atoms with E-state index in [0.717, 1.165) is 4.88 Å². The maximum atomic E-state index is 13.2. The van der Waals surface area contributed by atoms with Crippen LogP contribution in [-0.4, -0.2) is 66.6 Å². The number of para-hydroxylation sites is 1. The van der Waals surface area contributed by atoms with Crippen LogP contribution in [0.15, 0.2) is 66.0 Å². The van der Waals surface area contributed by atoms with Crippen LogP contribution in [0, 0.1) is 5.41 Å². The van der Waals surface area contributed by atoms with Gasteiger partial charge >= 0.3 is 0 Å². The van der Waals surface area contributed by atoms with E-state index in [-0.39, 0.29) is 37.8 Å². The number of thiophene rings is 1. The molecule has 2 aliphatic heterocycles. The van der Waals surface area contributed by atoms with Crippen LogP contribution in [0.3, 0.4) is 0 Å². The van der Waals surface area contributed by atoms with E-state index in [0.29, 0.717) is 35.8 Å². The topological polar surface area (TPSA) is 156 Å². The Labute approximate surface area is 234 Å². The van der Waals surface area contributed by atoms with Gasteiger partial charge in [0.05, 0.1) is 32.8 Å². The summed E-state index contributed by atoms with van der Waals surface area (Å²) in [5.41, 5.74) is 6.47. The van der Waals surface area contributed by atoms with Gasteiger partial charge in [0.15, 0.2) is 5.79 Å². The molecule has 0 radical (unpaired) electrons. The molecule has 40 heavy (non-hydrogen) atoms. The van der Waals surface area contributed by atoms with Crippen molar-refractivity contribution >= 4 is 34.9 Å². The highest BCUT2D eigenvalue weighted by molar-refractivity contribution is 7.10. The molecule has 0 saturated carbocycles. The van der Waals surface area contributed by atoms with Crippen LogP contribution in [0.25, 0.3) is 0 Å². The molecule has 208 valence electrons. The van der Waals surface area contributed by atoms with E-state index in [4.69, 9.17) is 25.4 Å². The fourth-order valence-electron chi connectivity index (χ4n) is 4.61. The van der Waals surface area contributed by atoms with Crippen LogP contribution in [0.2, 0.25) is 0 Å². The highest BCUT2D eigenvalue weighted by atomic mass is 32.1. The summed E-state index contributed by atoms with van der Waals surface area (Å²) in [6.45, 7) is 0.762. The van der Waals surface area contributed by atoms with E-state index < -0.39 is 23.6 Å². The summed E-state index contributed by atoms with van der Waals surface area (Å²) in [5.74, 6) is -1.04. The number of carbonyl (C=O) groups is 3. The Balaban J connectivity index is 1.18. The van der Waals surface area contributed by atoms with Gasteiger partial charge in [-0.15, -0.1) is 11.3 Å². The number of amidine groups is 1. The molecule has 1 atom stereocenters. The van der Waals surface area contributed by atoms with E-state index in [1.165, 1.54) is 16.2 Å². The van der Waals surface area contributed by atoms with Gasteiger partial charge in [0.25, 0.3) is 5.91 Å². The molecule has 5 N–H and O–H groups in total. The average Bonchev–Trinajstić information content (AvgIpc) is 3.72. The summed E-state index contributed by atoms with van der Waals surface area (Å²) in [4.78, 5) is 41.3. The molecule has 2 fully saturated rings. The minimum absolute atomic E-state index is 0.0441. The van der Waals surface area contributed by atoms with E-state index in [2.05, 4.69) is 10.6 Å². The van der Waals surface area contributed by atoms with Gasteiger partial charge in [-0.3, -0.25) is 19.8 Å². The van der Waals surface area contributed by atoms with Crippen LogP contribution in [0.5, 0.6) is 11.5 Å². The quantitative estimate of drug-likeness (QED) is 0.230. The molecule has 12 heteroatoms. The summed E-state index contributed by atoms with van der Waals surface area (Å²) < 4.78 is 17.3. The number of rotatable bonds is 9. The zero-order chi connectivity index (χ0) is 28.1. The van der Waals surface area contributed by atoms with Crippen molar-refractivity contribution in [3.8, 4) is 11.5 Å². The van der Waals surface area contributed by atoms with Gasteiger partial charge in [-0.2, -0.15) is 0 Å². The third-order valence-electron chi connectivity index (χ3n) is 6.63. The Hall–Kier alpha value is -4.26. The number of nitrogens with zero attached hydrogens (tertiary/aromatic N) is 1. The Morgan fingerprint density at radius 2 is 1.73 bits per heavy atom. The van der Waals surface area contributed by atoms with E-state index in [1.807, 2.05) is 30.3 Å². The molecule has 5 rings (SSSR count). The van der Waals surface area contributed by atoms with Crippen molar-refractivity contribution < 1.29 is 28.6 Å². The van der Waals surface area contributed by atoms with E-state index in [1.54, 1.807) is 35.7 Å². The molecule has 3 heterocycles.